The smallest absolute Gasteiger partial charge is 0.123 e. The van der Waals surface area contributed by atoms with Gasteiger partial charge in [-0.2, -0.15) is 0 Å². The number of nitrogens with two attached hydrogens (primary N) is 1. The zero-order valence-electron chi connectivity index (χ0n) is 10.7. The van der Waals surface area contributed by atoms with Gasteiger partial charge in [-0.3, -0.25) is 4.90 Å². The van der Waals surface area contributed by atoms with Crippen LogP contribution < -0.4 is 5.73 Å². The van der Waals surface area contributed by atoms with E-state index in [0.29, 0.717) is 23.8 Å². The molecule has 2 nitrogen and oxygen atoms in total. The van der Waals surface area contributed by atoms with Crippen molar-refractivity contribution in [2.45, 2.75) is 13.1 Å². The highest BCUT2D eigenvalue weighted by Crippen LogP contribution is 2.18. The van der Waals surface area contributed by atoms with Crippen molar-refractivity contribution in [3.05, 3.63) is 64.4 Å². The maximum atomic E-state index is 13.1. The topological polar surface area (TPSA) is 29.3 Å². The number of benzene rings is 2. The average molecular weight is 279 g/mol. The molecule has 100 valence electrons. The number of anilines is 1. The van der Waals surface area contributed by atoms with Crippen LogP contribution in [0.2, 0.25) is 5.02 Å². The highest BCUT2D eigenvalue weighted by atomic mass is 35.5. The lowest BCUT2D eigenvalue weighted by Gasteiger charge is -2.17. The molecule has 2 aromatic carbocycles. The summed E-state index contributed by atoms with van der Waals surface area (Å²) in [6.07, 6.45) is 0. The molecule has 0 unspecified atom stereocenters. The van der Waals surface area contributed by atoms with Crippen molar-refractivity contribution in [2.24, 2.45) is 0 Å². The Morgan fingerprint density at radius 1 is 1.11 bits per heavy atom. The van der Waals surface area contributed by atoms with Gasteiger partial charge in [0.15, 0.2) is 0 Å². The number of hydrogen-bond acceptors (Lipinski definition) is 2. The third-order valence-corrected chi connectivity index (χ3v) is 2.99. The van der Waals surface area contributed by atoms with Crippen LogP contribution in [0.5, 0.6) is 0 Å². The fourth-order valence-electron chi connectivity index (χ4n) is 2.08. The highest BCUT2D eigenvalue weighted by Gasteiger charge is 2.04. The lowest BCUT2D eigenvalue weighted by Crippen LogP contribution is -2.17. The highest BCUT2D eigenvalue weighted by molar-refractivity contribution is 6.30. The second kappa shape index (κ2) is 6.04. The van der Waals surface area contributed by atoms with Crippen LogP contribution in [-0.4, -0.2) is 11.9 Å². The number of hydrogen-bond donors (Lipinski definition) is 1. The molecule has 2 N–H and O–H groups in total. The maximum Gasteiger partial charge on any atom is 0.123 e. The van der Waals surface area contributed by atoms with Crippen molar-refractivity contribution in [1.29, 1.82) is 0 Å². The first-order chi connectivity index (χ1) is 9.02. The molecule has 0 atom stereocenters. The lowest BCUT2D eigenvalue weighted by atomic mass is 10.1. The summed E-state index contributed by atoms with van der Waals surface area (Å²) in [6.45, 7) is 1.38. The van der Waals surface area contributed by atoms with Crippen molar-refractivity contribution >= 4 is 17.3 Å². The molecule has 0 aliphatic carbocycles. The summed E-state index contributed by atoms with van der Waals surface area (Å²) in [4.78, 5) is 2.08. The van der Waals surface area contributed by atoms with E-state index < -0.39 is 0 Å². The molecule has 0 aromatic heterocycles. The summed E-state index contributed by atoms with van der Waals surface area (Å²) in [6, 6.07) is 12.1. The summed E-state index contributed by atoms with van der Waals surface area (Å²) >= 11 is 5.97. The van der Waals surface area contributed by atoms with Crippen LogP contribution in [0.25, 0.3) is 0 Å². The van der Waals surface area contributed by atoms with Crippen molar-refractivity contribution in [3.63, 3.8) is 0 Å². The van der Waals surface area contributed by atoms with E-state index >= 15 is 0 Å². The Morgan fingerprint density at radius 2 is 1.84 bits per heavy atom. The minimum absolute atomic E-state index is 0.210. The Labute approximate surface area is 117 Å². The van der Waals surface area contributed by atoms with Crippen molar-refractivity contribution < 1.29 is 4.39 Å². The molecular formula is C15H16ClFN2. The summed E-state index contributed by atoms with van der Waals surface area (Å²) < 4.78 is 13.1. The molecule has 19 heavy (non-hydrogen) atoms. The largest absolute Gasteiger partial charge is 0.399 e. The van der Waals surface area contributed by atoms with Gasteiger partial charge >= 0.3 is 0 Å². The standard InChI is InChI=1S/C15H16ClFN2/c1-19(9-11-3-2-4-14(17)6-11)10-12-5-13(16)8-15(18)7-12/h2-8H,9-10,18H2,1H3. The van der Waals surface area contributed by atoms with Crippen LogP contribution in [0.15, 0.2) is 42.5 Å². The van der Waals surface area contributed by atoms with Gasteiger partial charge in [-0.25, -0.2) is 4.39 Å². The molecule has 0 amide bonds. The molecule has 4 heteroatoms. The molecule has 0 aliphatic heterocycles. The van der Waals surface area contributed by atoms with Crippen molar-refractivity contribution in [1.82, 2.24) is 4.90 Å². The molecule has 0 saturated heterocycles. The number of nitrogen functional groups attached to an aromatic ring is 1. The Kier molecular flexibility index (Phi) is 4.40. The summed E-state index contributed by atoms with van der Waals surface area (Å²) in [7, 11) is 1.97. The molecule has 0 radical (unpaired) electrons. The van der Waals surface area contributed by atoms with E-state index in [1.165, 1.54) is 6.07 Å². The summed E-state index contributed by atoms with van der Waals surface area (Å²) in [5.74, 6) is -0.210. The van der Waals surface area contributed by atoms with Crippen LogP contribution in [0.1, 0.15) is 11.1 Å². The van der Waals surface area contributed by atoms with Crippen LogP contribution >= 0.6 is 11.6 Å². The van der Waals surface area contributed by atoms with Crippen LogP contribution in [0.3, 0.4) is 0 Å². The SMILES string of the molecule is CN(Cc1cccc(F)c1)Cc1cc(N)cc(Cl)c1. The first-order valence-electron chi connectivity index (χ1n) is 6.01. The van der Waals surface area contributed by atoms with E-state index in [-0.39, 0.29) is 5.82 Å². The third-order valence-electron chi connectivity index (χ3n) is 2.77. The fourth-order valence-corrected chi connectivity index (χ4v) is 2.35. The molecule has 0 fully saturated rings. The predicted octanol–water partition coefficient (Wildman–Crippen LogP) is 3.69. The maximum absolute atomic E-state index is 13.1. The second-order valence-corrected chi connectivity index (χ2v) is 5.13. The van der Waals surface area contributed by atoms with Gasteiger partial charge in [-0.15, -0.1) is 0 Å². The third kappa shape index (κ3) is 4.23. The molecule has 0 bridgehead atoms. The predicted molar refractivity (Wildman–Crippen MR) is 77.4 cm³/mol. The van der Waals surface area contributed by atoms with Crippen LogP contribution in [-0.2, 0) is 13.1 Å². The molecule has 0 aliphatic rings. The molecule has 0 spiro atoms. The van der Waals surface area contributed by atoms with Gasteiger partial charge in [-0.1, -0.05) is 23.7 Å². The molecular weight excluding hydrogens is 263 g/mol. The van der Waals surface area contributed by atoms with E-state index in [4.69, 9.17) is 17.3 Å². The summed E-state index contributed by atoms with van der Waals surface area (Å²) in [5, 5.41) is 0.633. The van der Waals surface area contributed by atoms with Gasteiger partial charge in [0.2, 0.25) is 0 Å². The van der Waals surface area contributed by atoms with E-state index in [1.54, 1.807) is 18.2 Å². The van der Waals surface area contributed by atoms with Gasteiger partial charge in [-0.05, 0) is 48.5 Å². The van der Waals surface area contributed by atoms with E-state index in [2.05, 4.69) is 4.90 Å². The van der Waals surface area contributed by atoms with Crippen molar-refractivity contribution in [2.75, 3.05) is 12.8 Å². The van der Waals surface area contributed by atoms with Gasteiger partial charge in [0.1, 0.15) is 5.82 Å². The quantitative estimate of drug-likeness (QED) is 0.864. The first-order valence-corrected chi connectivity index (χ1v) is 6.38. The van der Waals surface area contributed by atoms with Crippen LogP contribution in [0.4, 0.5) is 10.1 Å². The Bertz CT molecular complexity index is 552. The van der Waals surface area contributed by atoms with Gasteiger partial charge in [0, 0.05) is 23.8 Å². The number of halogens is 2. The Morgan fingerprint density at radius 3 is 2.53 bits per heavy atom. The molecule has 0 saturated carbocycles. The Balaban J connectivity index is 2.03. The minimum Gasteiger partial charge on any atom is -0.399 e. The van der Waals surface area contributed by atoms with E-state index in [9.17, 15) is 4.39 Å². The van der Waals surface area contributed by atoms with Crippen molar-refractivity contribution in [3.8, 4) is 0 Å². The molecule has 2 aromatic rings. The Hall–Kier alpha value is -1.58. The second-order valence-electron chi connectivity index (χ2n) is 4.70. The van der Waals surface area contributed by atoms with Gasteiger partial charge in [0.25, 0.3) is 0 Å². The zero-order chi connectivity index (χ0) is 13.8. The minimum atomic E-state index is -0.210. The average Bonchev–Trinajstić information content (AvgIpc) is 2.26. The monoisotopic (exact) mass is 278 g/mol. The molecule has 0 heterocycles. The number of nitrogens with zero attached hydrogens (tertiary/aromatic N) is 1. The zero-order valence-corrected chi connectivity index (χ0v) is 11.5. The van der Waals surface area contributed by atoms with Gasteiger partial charge < -0.3 is 5.73 Å². The normalized spacial score (nSPS) is 10.9. The molecule has 2 rings (SSSR count). The summed E-state index contributed by atoms with van der Waals surface area (Å²) in [5.41, 5.74) is 8.40. The first kappa shape index (κ1) is 13.8. The van der Waals surface area contributed by atoms with Gasteiger partial charge in [0.05, 0.1) is 0 Å². The number of rotatable bonds is 4. The fraction of sp³-hybridized carbons (Fsp3) is 0.200. The van der Waals surface area contributed by atoms with E-state index in [1.807, 2.05) is 25.2 Å². The lowest BCUT2D eigenvalue weighted by molar-refractivity contribution is 0.318. The van der Waals surface area contributed by atoms with E-state index in [0.717, 1.165) is 11.1 Å². The van der Waals surface area contributed by atoms with Crippen LogP contribution in [0, 0.1) is 5.82 Å².